The Morgan fingerprint density at radius 1 is 1.29 bits per heavy atom. The van der Waals surface area contributed by atoms with E-state index in [0.717, 1.165) is 28.2 Å². The predicted molar refractivity (Wildman–Crippen MR) is 99.8 cm³/mol. The molecule has 1 aromatic heterocycles. The molecular formula is C17H13BrClNO3S. The summed E-state index contributed by atoms with van der Waals surface area (Å²) < 4.78 is 6.57. The summed E-state index contributed by atoms with van der Waals surface area (Å²) in [6, 6.07) is 9.09. The zero-order valence-electron chi connectivity index (χ0n) is 12.7. The SMILES string of the molecule is CCCN1C(=O)S/C(=C/c2ccc(-c3ccc(Br)c(Cl)c3)o2)C1=O. The van der Waals surface area contributed by atoms with Crippen LogP contribution >= 0.6 is 39.3 Å². The maximum atomic E-state index is 12.2. The van der Waals surface area contributed by atoms with Gasteiger partial charge in [0.05, 0.1) is 9.93 Å². The second kappa shape index (κ2) is 7.17. The normalized spacial score (nSPS) is 16.5. The van der Waals surface area contributed by atoms with E-state index in [1.807, 2.05) is 25.1 Å². The minimum atomic E-state index is -0.267. The van der Waals surface area contributed by atoms with E-state index in [0.29, 0.717) is 28.0 Å². The number of furan rings is 1. The highest BCUT2D eigenvalue weighted by atomic mass is 79.9. The molecule has 3 rings (SSSR count). The highest BCUT2D eigenvalue weighted by Crippen LogP contribution is 2.34. The zero-order chi connectivity index (χ0) is 17.3. The van der Waals surface area contributed by atoms with Gasteiger partial charge in [-0.3, -0.25) is 14.5 Å². The fraction of sp³-hybridized carbons (Fsp3) is 0.176. The Morgan fingerprint density at radius 2 is 2.08 bits per heavy atom. The van der Waals surface area contributed by atoms with E-state index < -0.39 is 0 Å². The van der Waals surface area contributed by atoms with Crippen LogP contribution in [0.2, 0.25) is 5.02 Å². The van der Waals surface area contributed by atoms with Crippen molar-refractivity contribution in [2.45, 2.75) is 13.3 Å². The van der Waals surface area contributed by atoms with Crippen molar-refractivity contribution in [1.82, 2.24) is 4.90 Å². The summed E-state index contributed by atoms with van der Waals surface area (Å²) in [5.41, 5.74) is 0.835. The summed E-state index contributed by atoms with van der Waals surface area (Å²) in [6.45, 7) is 2.36. The fourth-order valence-electron chi connectivity index (χ4n) is 2.28. The number of carbonyl (C=O) groups excluding carboxylic acids is 2. The van der Waals surface area contributed by atoms with E-state index in [2.05, 4.69) is 15.9 Å². The number of carbonyl (C=O) groups is 2. The lowest BCUT2D eigenvalue weighted by atomic mass is 10.2. The first-order chi connectivity index (χ1) is 11.5. The lowest BCUT2D eigenvalue weighted by molar-refractivity contribution is -0.122. The van der Waals surface area contributed by atoms with Crippen molar-refractivity contribution in [3.63, 3.8) is 0 Å². The standard InChI is InChI=1S/C17H13BrClNO3S/c1-2-7-20-16(21)15(24-17(20)22)9-11-4-6-14(23-11)10-3-5-12(18)13(19)8-10/h3-6,8-9H,2,7H2,1H3/b15-9+. The van der Waals surface area contributed by atoms with Gasteiger partial charge < -0.3 is 4.42 Å². The van der Waals surface area contributed by atoms with Crippen molar-refractivity contribution in [1.29, 1.82) is 0 Å². The number of amides is 2. The number of hydrogen-bond acceptors (Lipinski definition) is 4. The van der Waals surface area contributed by atoms with Gasteiger partial charge in [-0.1, -0.05) is 24.6 Å². The third-order valence-corrected chi connectivity index (χ3v) is 5.56. The number of imide groups is 1. The second-order valence-electron chi connectivity index (χ2n) is 5.16. The molecule has 0 radical (unpaired) electrons. The van der Waals surface area contributed by atoms with Gasteiger partial charge in [0, 0.05) is 22.7 Å². The molecular weight excluding hydrogens is 414 g/mol. The summed E-state index contributed by atoms with van der Waals surface area (Å²) >= 11 is 10.4. The molecule has 0 atom stereocenters. The van der Waals surface area contributed by atoms with Gasteiger partial charge in [0.2, 0.25) is 0 Å². The first-order valence-corrected chi connectivity index (χ1v) is 9.29. The first-order valence-electron chi connectivity index (χ1n) is 7.30. The maximum Gasteiger partial charge on any atom is 0.293 e. The van der Waals surface area contributed by atoms with E-state index in [1.165, 1.54) is 4.90 Å². The molecule has 0 aliphatic carbocycles. The van der Waals surface area contributed by atoms with Gasteiger partial charge >= 0.3 is 0 Å². The minimum absolute atomic E-state index is 0.237. The monoisotopic (exact) mass is 425 g/mol. The average Bonchev–Trinajstić information content (AvgIpc) is 3.11. The summed E-state index contributed by atoms with van der Waals surface area (Å²) in [5, 5.41) is 0.353. The van der Waals surface area contributed by atoms with Gasteiger partial charge in [-0.05, 0) is 58.4 Å². The topological polar surface area (TPSA) is 50.5 Å². The quantitative estimate of drug-likeness (QED) is 0.579. The largest absolute Gasteiger partial charge is 0.457 e. The summed E-state index contributed by atoms with van der Waals surface area (Å²) in [7, 11) is 0. The van der Waals surface area contributed by atoms with E-state index in [1.54, 1.807) is 18.2 Å². The molecule has 0 bridgehead atoms. The predicted octanol–water partition coefficient (Wildman–Crippen LogP) is 5.81. The van der Waals surface area contributed by atoms with Crippen LogP contribution in [0.3, 0.4) is 0 Å². The van der Waals surface area contributed by atoms with Crippen LogP contribution in [0.25, 0.3) is 17.4 Å². The molecule has 2 aromatic rings. The number of nitrogens with zero attached hydrogens (tertiary/aromatic N) is 1. The van der Waals surface area contributed by atoms with Crippen molar-refractivity contribution < 1.29 is 14.0 Å². The van der Waals surface area contributed by atoms with Crippen molar-refractivity contribution in [2.24, 2.45) is 0 Å². The Balaban J connectivity index is 1.85. The van der Waals surface area contributed by atoms with Crippen LogP contribution in [0.4, 0.5) is 4.79 Å². The lowest BCUT2D eigenvalue weighted by Crippen LogP contribution is -2.28. The number of thioether (sulfide) groups is 1. The third-order valence-electron chi connectivity index (χ3n) is 3.43. The minimum Gasteiger partial charge on any atom is -0.457 e. The Hall–Kier alpha value is -1.50. The van der Waals surface area contributed by atoms with E-state index in [4.69, 9.17) is 16.0 Å². The van der Waals surface area contributed by atoms with E-state index in [-0.39, 0.29) is 11.1 Å². The molecule has 24 heavy (non-hydrogen) atoms. The summed E-state index contributed by atoms with van der Waals surface area (Å²) in [4.78, 5) is 25.7. The molecule has 0 unspecified atom stereocenters. The number of halogens is 2. The van der Waals surface area contributed by atoms with E-state index >= 15 is 0 Å². The second-order valence-corrected chi connectivity index (χ2v) is 7.42. The first kappa shape index (κ1) is 17.3. The van der Waals surface area contributed by atoms with Crippen molar-refractivity contribution in [2.75, 3.05) is 6.54 Å². The van der Waals surface area contributed by atoms with Crippen LogP contribution in [0.5, 0.6) is 0 Å². The number of benzene rings is 1. The van der Waals surface area contributed by atoms with Crippen LogP contribution in [0, 0.1) is 0 Å². The molecule has 1 saturated heterocycles. The molecule has 0 saturated carbocycles. The molecule has 7 heteroatoms. The Morgan fingerprint density at radius 3 is 2.79 bits per heavy atom. The van der Waals surface area contributed by atoms with E-state index in [9.17, 15) is 9.59 Å². The molecule has 1 aliphatic rings. The smallest absolute Gasteiger partial charge is 0.293 e. The molecule has 124 valence electrons. The molecule has 2 heterocycles. The van der Waals surface area contributed by atoms with Gasteiger partial charge in [-0.25, -0.2) is 0 Å². The van der Waals surface area contributed by atoms with Gasteiger partial charge in [0.15, 0.2) is 0 Å². The molecule has 1 aromatic carbocycles. The summed E-state index contributed by atoms with van der Waals surface area (Å²) in [5.74, 6) is 0.894. The number of rotatable bonds is 4. The molecule has 1 aliphatic heterocycles. The van der Waals surface area contributed by atoms with Crippen LogP contribution in [-0.4, -0.2) is 22.6 Å². The van der Waals surface area contributed by atoms with Crippen molar-refractivity contribution in [3.05, 3.63) is 50.5 Å². The lowest BCUT2D eigenvalue weighted by Gasteiger charge is -2.09. The zero-order valence-corrected chi connectivity index (χ0v) is 15.9. The van der Waals surface area contributed by atoms with Crippen LogP contribution in [0.15, 0.2) is 44.1 Å². The number of hydrogen-bond donors (Lipinski definition) is 0. The third kappa shape index (κ3) is 3.45. The van der Waals surface area contributed by atoms with Crippen molar-refractivity contribution >= 4 is 56.5 Å². The van der Waals surface area contributed by atoms with Crippen molar-refractivity contribution in [3.8, 4) is 11.3 Å². The molecule has 0 N–H and O–H groups in total. The molecule has 4 nitrogen and oxygen atoms in total. The van der Waals surface area contributed by atoms with Crippen LogP contribution < -0.4 is 0 Å². The fourth-order valence-corrected chi connectivity index (χ4v) is 3.55. The highest BCUT2D eigenvalue weighted by molar-refractivity contribution is 9.10. The van der Waals surface area contributed by atoms with Gasteiger partial charge in [0.25, 0.3) is 11.1 Å². The summed E-state index contributed by atoms with van der Waals surface area (Å²) in [6.07, 6.45) is 2.34. The highest BCUT2D eigenvalue weighted by Gasteiger charge is 2.34. The van der Waals surface area contributed by atoms with Gasteiger partial charge in [-0.2, -0.15) is 0 Å². The molecule has 2 amide bonds. The Labute approximate surface area is 157 Å². The average molecular weight is 427 g/mol. The van der Waals surface area contributed by atoms with Crippen LogP contribution in [-0.2, 0) is 4.79 Å². The Bertz CT molecular complexity index is 846. The van der Waals surface area contributed by atoms with Gasteiger partial charge in [0.1, 0.15) is 11.5 Å². The Kier molecular flexibility index (Phi) is 5.18. The molecule has 1 fully saturated rings. The maximum absolute atomic E-state index is 12.2. The molecule has 0 spiro atoms. The van der Waals surface area contributed by atoms with Crippen LogP contribution in [0.1, 0.15) is 19.1 Å². The van der Waals surface area contributed by atoms with Gasteiger partial charge in [-0.15, -0.1) is 0 Å².